The highest BCUT2D eigenvalue weighted by atomic mass is 16.1. The molecule has 0 atom stereocenters. The minimum absolute atomic E-state index is 0.536. The van der Waals surface area contributed by atoms with Gasteiger partial charge in [0.15, 0.2) is 0 Å². The summed E-state index contributed by atoms with van der Waals surface area (Å²) < 4.78 is 0. The van der Waals surface area contributed by atoms with Crippen LogP contribution in [0.1, 0.15) is 19.4 Å². The van der Waals surface area contributed by atoms with Gasteiger partial charge >= 0.3 is 0 Å². The summed E-state index contributed by atoms with van der Waals surface area (Å²) in [5.74, 6) is 0. The van der Waals surface area contributed by atoms with Gasteiger partial charge in [0, 0.05) is 11.6 Å². The van der Waals surface area contributed by atoms with E-state index in [2.05, 4.69) is 9.98 Å². The first kappa shape index (κ1) is 10.5. The Morgan fingerprint density at radius 3 is 2.88 bits per heavy atom. The van der Waals surface area contributed by atoms with Crippen LogP contribution in [0.3, 0.4) is 0 Å². The van der Waals surface area contributed by atoms with E-state index >= 15 is 0 Å². The number of aliphatic imine (C=N–C) groups is 1. The smallest absolute Gasteiger partial charge is 0.235 e. The second-order valence-electron chi connectivity index (χ2n) is 4.17. The van der Waals surface area contributed by atoms with E-state index in [1.165, 1.54) is 0 Å². The van der Waals surface area contributed by atoms with Gasteiger partial charge < -0.3 is 0 Å². The Hall–Kier alpha value is -1.99. The van der Waals surface area contributed by atoms with Gasteiger partial charge in [0.2, 0.25) is 6.08 Å². The maximum atomic E-state index is 10.4. The van der Waals surface area contributed by atoms with Crippen LogP contribution in [-0.2, 0) is 10.3 Å². The molecule has 0 radical (unpaired) electrons. The number of fused-ring (bicyclic) bond motifs is 1. The summed E-state index contributed by atoms with van der Waals surface area (Å²) in [6.45, 7) is 3.77. The second kappa shape index (κ2) is 3.87. The summed E-state index contributed by atoms with van der Waals surface area (Å²) in [6, 6.07) is 9.76. The number of isocyanates is 1. The lowest BCUT2D eigenvalue weighted by Gasteiger charge is -2.18. The summed E-state index contributed by atoms with van der Waals surface area (Å²) in [4.78, 5) is 18.4. The Labute approximate surface area is 93.8 Å². The fraction of sp³-hybridized carbons (Fsp3) is 0.231. The number of hydrogen-bond acceptors (Lipinski definition) is 3. The van der Waals surface area contributed by atoms with E-state index in [1.54, 1.807) is 12.3 Å². The molecule has 0 spiro atoms. The van der Waals surface area contributed by atoms with Crippen molar-refractivity contribution in [3.63, 3.8) is 0 Å². The van der Waals surface area contributed by atoms with Crippen LogP contribution < -0.4 is 0 Å². The lowest BCUT2D eigenvalue weighted by atomic mass is 9.94. The van der Waals surface area contributed by atoms with Crippen LogP contribution in [-0.4, -0.2) is 11.1 Å². The van der Waals surface area contributed by atoms with Crippen molar-refractivity contribution in [2.45, 2.75) is 19.4 Å². The third-order valence-corrected chi connectivity index (χ3v) is 2.63. The molecule has 80 valence electrons. The number of carbonyl (C=O) groups excluding carboxylic acids is 1. The molecule has 2 rings (SSSR count). The van der Waals surface area contributed by atoms with Crippen LogP contribution in [0.25, 0.3) is 10.9 Å². The lowest BCUT2D eigenvalue weighted by molar-refractivity contribution is 0.523. The van der Waals surface area contributed by atoms with Crippen LogP contribution in [0.2, 0.25) is 0 Å². The van der Waals surface area contributed by atoms with E-state index in [9.17, 15) is 4.79 Å². The molecule has 0 unspecified atom stereocenters. The second-order valence-corrected chi connectivity index (χ2v) is 4.17. The average molecular weight is 212 g/mol. The molecule has 2 aromatic rings. The average Bonchev–Trinajstić information content (AvgIpc) is 2.28. The highest BCUT2D eigenvalue weighted by Gasteiger charge is 2.19. The zero-order chi connectivity index (χ0) is 11.6. The Morgan fingerprint density at radius 1 is 1.31 bits per heavy atom. The zero-order valence-electron chi connectivity index (χ0n) is 9.27. The van der Waals surface area contributed by atoms with Crippen LogP contribution in [0.15, 0.2) is 41.5 Å². The Balaban J connectivity index is 2.59. The topological polar surface area (TPSA) is 42.3 Å². The van der Waals surface area contributed by atoms with Gasteiger partial charge in [-0.15, -0.1) is 0 Å². The van der Waals surface area contributed by atoms with Gasteiger partial charge in [-0.05, 0) is 37.6 Å². The van der Waals surface area contributed by atoms with Gasteiger partial charge in [-0.2, -0.15) is 4.99 Å². The van der Waals surface area contributed by atoms with Crippen molar-refractivity contribution < 1.29 is 4.79 Å². The first-order valence-corrected chi connectivity index (χ1v) is 5.08. The van der Waals surface area contributed by atoms with Crippen molar-refractivity contribution in [2.24, 2.45) is 4.99 Å². The van der Waals surface area contributed by atoms with E-state index in [4.69, 9.17) is 0 Å². The molecule has 1 heterocycles. The fourth-order valence-corrected chi connectivity index (χ4v) is 1.63. The molecular weight excluding hydrogens is 200 g/mol. The van der Waals surface area contributed by atoms with Crippen LogP contribution in [0.5, 0.6) is 0 Å². The lowest BCUT2D eigenvalue weighted by Crippen LogP contribution is -2.13. The van der Waals surface area contributed by atoms with Crippen molar-refractivity contribution >= 4 is 17.0 Å². The molecule has 1 aromatic carbocycles. The quantitative estimate of drug-likeness (QED) is 0.567. The minimum Gasteiger partial charge on any atom is -0.256 e. The predicted octanol–water partition coefficient (Wildman–Crippen LogP) is 2.81. The summed E-state index contributed by atoms with van der Waals surface area (Å²) in [5, 5.41) is 1.05. The molecular formula is C13H12N2O. The van der Waals surface area contributed by atoms with Crippen molar-refractivity contribution in [1.82, 2.24) is 4.98 Å². The fourth-order valence-electron chi connectivity index (χ4n) is 1.63. The molecule has 0 bridgehead atoms. The third kappa shape index (κ3) is 1.86. The maximum Gasteiger partial charge on any atom is 0.235 e. The molecule has 1 aromatic heterocycles. The number of benzene rings is 1. The van der Waals surface area contributed by atoms with Crippen LogP contribution in [0.4, 0.5) is 0 Å². The molecule has 16 heavy (non-hydrogen) atoms. The number of rotatable bonds is 2. The number of aromatic nitrogens is 1. The van der Waals surface area contributed by atoms with Crippen LogP contribution in [0, 0.1) is 0 Å². The molecule has 0 N–H and O–H groups in total. The van der Waals surface area contributed by atoms with E-state index in [-0.39, 0.29) is 0 Å². The Bertz CT molecular complexity index is 569. The first-order chi connectivity index (χ1) is 7.63. The van der Waals surface area contributed by atoms with Gasteiger partial charge in [-0.1, -0.05) is 12.1 Å². The van der Waals surface area contributed by atoms with Crippen molar-refractivity contribution in [1.29, 1.82) is 0 Å². The SMILES string of the molecule is CC(C)(N=C=O)c1ccc2ncccc2c1. The minimum atomic E-state index is -0.536. The normalized spacial score (nSPS) is 11.1. The largest absolute Gasteiger partial charge is 0.256 e. The molecule has 0 saturated heterocycles. The molecule has 0 aliphatic heterocycles. The standard InChI is InChI=1S/C13H12N2O/c1-13(2,15-9-16)11-5-6-12-10(8-11)4-3-7-14-12/h3-8H,1-2H3. The van der Waals surface area contributed by atoms with E-state index in [1.807, 2.05) is 44.2 Å². The van der Waals surface area contributed by atoms with Crippen molar-refractivity contribution in [3.05, 3.63) is 42.1 Å². The monoisotopic (exact) mass is 212 g/mol. The van der Waals surface area contributed by atoms with Crippen molar-refractivity contribution in [3.8, 4) is 0 Å². The molecule has 3 nitrogen and oxygen atoms in total. The summed E-state index contributed by atoms with van der Waals surface area (Å²) >= 11 is 0. The van der Waals surface area contributed by atoms with Gasteiger partial charge in [0.25, 0.3) is 0 Å². The van der Waals surface area contributed by atoms with Gasteiger partial charge in [0.05, 0.1) is 11.1 Å². The summed E-state index contributed by atoms with van der Waals surface area (Å²) in [5.41, 5.74) is 1.39. The van der Waals surface area contributed by atoms with Gasteiger partial charge in [-0.3, -0.25) is 4.98 Å². The Kier molecular flexibility index (Phi) is 2.55. The molecule has 0 amide bonds. The van der Waals surface area contributed by atoms with Crippen LogP contribution >= 0.6 is 0 Å². The number of hydrogen-bond donors (Lipinski definition) is 0. The number of nitrogens with zero attached hydrogens (tertiary/aromatic N) is 2. The molecule has 3 heteroatoms. The summed E-state index contributed by atoms with van der Waals surface area (Å²) in [7, 11) is 0. The van der Waals surface area contributed by atoms with Gasteiger partial charge in [0.1, 0.15) is 0 Å². The first-order valence-electron chi connectivity index (χ1n) is 5.08. The van der Waals surface area contributed by atoms with E-state index in [0.717, 1.165) is 16.5 Å². The highest BCUT2D eigenvalue weighted by Crippen LogP contribution is 2.26. The summed E-state index contributed by atoms with van der Waals surface area (Å²) in [6.07, 6.45) is 3.37. The highest BCUT2D eigenvalue weighted by molar-refractivity contribution is 5.79. The molecule has 0 aliphatic rings. The maximum absolute atomic E-state index is 10.4. The van der Waals surface area contributed by atoms with Crippen molar-refractivity contribution in [2.75, 3.05) is 0 Å². The van der Waals surface area contributed by atoms with E-state index < -0.39 is 5.54 Å². The predicted molar refractivity (Wildman–Crippen MR) is 62.9 cm³/mol. The number of pyridine rings is 1. The third-order valence-electron chi connectivity index (χ3n) is 2.63. The van der Waals surface area contributed by atoms with Gasteiger partial charge in [-0.25, -0.2) is 4.79 Å². The molecule has 0 aliphatic carbocycles. The van der Waals surface area contributed by atoms with E-state index in [0.29, 0.717) is 0 Å². The Morgan fingerprint density at radius 2 is 2.12 bits per heavy atom. The zero-order valence-corrected chi connectivity index (χ0v) is 9.27. The molecule has 0 saturated carbocycles. The molecule has 0 fully saturated rings.